The van der Waals surface area contributed by atoms with Crippen LogP contribution in [0.15, 0.2) is 28.0 Å². The normalized spacial score (nSPS) is 15.7. The SMILES string of the molecule is CN=C(NCc1c(C)noc1C)N1CCN(c2ncccn2)CC1. The number of nitrogens with zero attached hydrogens (tertiary/aromatic N) is 6. The molecule has 1 N–H and O–H groups in total. The summed E-state index contributed by atoms with van der Waals surface area (Å²) in [6.07, 6.45) is 3.55. The van der Waals surface area contributed by atoms with Crippen molar-refractivity contribution in [3.8, 4) is 0 Å². The molecule has 0 saturated carbocycles. The summed E-state index contributed by atoms with van der Waals surface area (Å²) >= 11 is 0. The minimum absolute atomic E-state index is 0.663. The lowest BCUT2D eigenvalue weighted by molar-refractivity contribution is 0.369. The number of aliphatic imine (C=N–C) groups is 1. The molecule has 1 aliphatic rings. The van der Waals surface area contributed by atoms with Crippen molar-refractivity contribution in [1.82, 2.24) is 25.3 Å². The van der Waals surface area contributed by atoms with Gasteiger partial charge in [-0.25, -0.2) is 9.97 Å². The van der Waals surface area contributed by atoms with Crippen LogP contribution in [0.4, 0.5) is 5.95 Å². The summed E-state index contributed by atoms with van der Waals surface area (Å²) < 4.78 is 5.21. The summed E-state index contributed by atoms with van der Waals surface area (Å²) in [5.74, 6) is 2.53. The largest absolute Gasteiger partial charge is 0.361 e. The molecule has 1 saturated heterocycles. The minimum Gasteiger partial charge on any atom is -0.361 e. The molecule has 0 aliphatic carbocycles. The lowest BCUT2D eigenvalue weighted by Crippen LogP contribution is -2.52. The van der Waals surface area contributed by atoms with E-state index in [9.17, 15) is 0 Å². The van der Waals surface area contributed by atoms with Crippen LogP contribution >= 0.6 is 0 Å². The summed E-state index contributed by atoms with van der Waals surface area (Å²) in [5.41, 5.74) is 2.01. The Bertz CT molecular complexity index is 670. The number of aryl methyl sites for hydroxylation is 2. The van der Waals surface area contributed by atoms with Gasteiger partial charge >= 0.3 is 0 Å². The molecule has 1 aliphatic heterocycles. The van der Waals surface area contributed by atoms with Crippen molar-refractivity contribution in [2.75, 3.05) is 38.1 Å². The minimum atomic E-state index is 0.663. The number of anilines is 1. The third-order valence-corrected chi connectivity index (χ3v) is 4.23. The molecule has 8 heteroatoms. The monoisotopic (exact) mass is 329 g/mol. The van der Waals surface area contributed by atoms with Gasteiger partial charge in [-0.2, -0.15) is 0 Å². The van der Waals surface area contributed by atoms with Crippen LogP contribution in [-0.2, 0) is 6.54 Å². The fourth-order valence-corrected chi connectivity index (χ4v) is 2.83. The second kappa shape index (κ2) is 7.29. The highest BCUT2D eigenvalue weighted by Crippen LogP contribution is 2.13. The lowest BCUT2D eigenvalue weighted by atomic mass is 10.2. The Kier molecular flexibility index (Phi) is 4.93. The summed E-state index contributed by atoms with van der Waals surface area (Å²) in [6.45, 7) is 8.04. The molecule has 128 valence electrons. The predicted molar refractivity (Wildman–Crippen MR) is 92.0 cm³/mol. The van der Waals surface area contributed by atoms with Crippen LogP contribution in [0.25, 0.3) is 0 Å². The molecule has 0 atom stereocenters. The molecule has 0 amide bonds. The van der Waals surface area contributed by atoms with E-state index in [4.69, 9.17) is 4.52 Å². The van der Waals surface area contributed by atoms with Crippen molar-refractivity contribution in [3.63, 3.8) is 0 Å². The molecule has 3 rings (SSSR count). The first-order valence-corrected chi connectivity index (χ1v) is 8.08. The van der Waals surface area contributed by atoms with Crippen LogP contribution in [0.3, 0.4) is 0 Å². The Balaban J connectivity index is 1.56. The van der Waals surface area contributed by atoms with Gasteiger partial charge in [-0.15, -0.1) is 0 Å². The quantitative estimate of drug-likeness (QED) is 0.664. The summed E-state index contributed by atoms with van der Waals surface area (Å²) in [7, 11) is 1.81. The first kappa shape index (κ1) is 16.2. The predicted octanol–water partition coefficient (Wildman–Crippen LogP) is 0.979. The van der Waals surface area contributed by atoms with E-state index in [1.165, 1.54) is 0 Å². The summed E-state index contributed by atoms with van der Waals surface area (Å²) in [5, 5.41) is 7.39. The topological polar surface area (TPSA) is 82.7 Å². The molecule has 8 nitrogen and oxygen atoms in total. The maximum atomic E-state index is 5.21. The number of aromatic nitrogens is 3. The van der Waals surface area contributed by atoms with Crippen LogP contribution < -0.4 is 10.2 Å². The number of rotatable bonds is 3. The standard InChI is InChI=1S/C16H23N7O/c1-12-14(13(2)24-21-12)11-20-15(17-3)22-7-9-23(10-8-22)16-18-5-4-6-19-16/h4-6H,7-11H2,1-3H3,(H,17,20). The summed E-state index contributed by atoms with van der Waals surface area (Å²) in [6, 6.07) is 1.83. The third-order valence-electron chi connectivity index (χ3n) is 4.23. The van der Waals surface area contributed by atoms with Crippen molar-refractivity contribution in [2.45, 2.75) is 20.4 Å². The van der Waals surface area contributed by atoms with E-state index in [1.807, 2.05) is 27.0 Å². The average Bonchev–Trinajstić information content (AvgIpc) is 2.95. The van der Waals surface area contributed by atoms with E-state index in [2.05, 4.69) is 35.2 Å². The molecule has 0 bridgehead atoms. The van der Waals surface area contributed by atoms with E-state index in [1.54, 1.807) is 12.4 Å². The van der Waals surface area contributed by atoms with E-state index in [0.29, 0.717) is 6.54 Å². The Labute approximate surface area is 141 Å². The van der Waals surface area contributed by atoms with Crippen molar-refractivity contribution in [1.29, 1.82) is 0 Å². The number of nitrogens with one attached hydrogen (secondary N) is 1. The van der Waals surface area contributed by atoms with Gasteiger partial charge in [0.15, 0.2) is 5.96 Å². The number of piperazine rings is 1. The van der Waals surface area contributed by atoms with Crippen LogP contribution in [0.5, 0.6) is 0 Å². The van der Waals surface area contributed by atoms with Gasteiger partial charge in [-0.1, -0.05) is 5.16 Å². The van der Waals surface area contributed by atoms with Gasteiger partial charge in [0.1, 0.15) is 5.76 Å². The van der Waals surface area contributed by atoms with Crippen molar-refractivity contribution in [3.05, 3.63) is 35.5 Å². The van der Waals surface area contributed by atoms with Gasteiger partial charge in [0, 0.05) is 57.7 Å². The molecule has 1 fully saturated rings. The Morgan fingerprint density at radius 1 is 1.21 bits per heavy atom. The highest BCUT2D eigenvalue weighted by Gasteiger charge is 2.21. The van der Waals surface area contributed by atoms with Crippen LogP contribution in [0.1, 0.15) is 17.0 Å². The number of hydrogen-bond donors (Lipinski definition) is 1. The molecule has 0 unspecified atom stereocenters. The number of hydrogen-bond acceptors (Lipinski definition) is 6. The Morgan fingerprint density at radius 3 is 2.50 bits per heavy atom. The first-order chi connectivity index (χ1) is 11.7. The van der Waals surface area contributed by atoms with Gasteiger partial charge < -0.3 is 19.6 Å². The highest BCUT2D eigenvalue weighted by atomic mass is 16.5. The molecule has 0 spiro atoms. The fraction of sp³-hybridized carbons (Fsp3) is 0.500. The fourth-order valence-electron chi connectivity index (χ4n) is 2.83. The lowest BCUT2D eigenvalue weighted by Gasteiger charge is -2.36. The molecule has 0 aromatic carbocycles. The second-order valence-corrected chi connectivity index (χ2v) is 5.73. The maximum absolute atomic E-state index is 5.21. The van der Waals surface area contributed by atoms with E-state index < -0.39 is 0 Å². The zero-order valence-corrected chi connectivity index (χ0v) is 14.4. The molecule has 2 aromatic heterocycles. The van der Waals surface area contributed by atoms with Crippen molar-refractivity contribution in [2.24, 2.45) is 4.99 Å². The molecule has 24 heavy (non-hydrogen) atoms. The van der Waals surface area contributed by atoms with E-state index in [-0.39, 0.29) is 0 Å². The Morgan fingerprint density at radius 2 is 1.92 bits per heavy atom. The van der Waals surface area contributed by atoms with Gasteiger partial charge in [-0.3, -0.25) is 4.99 Å². The third kappa shape index (κ3) is 3.47. The van der Waals surface area contributed by atoms with Crippen LogP contribution in [-0.4, -0.2) is 59.2 Å². The van der Waals surface area contributed by atoms with Gasteiger partial charge in [-0.05, 0) is 19.9 Å². The molecule has 3 heterocycles. The molecular weight excluding hydrogens is 306 g/mol. The van der Waals surface area contributed by atoms with Crippen LogP contribution in [0, 0.1) is 13.8 Å². The molecule has 0 radical (unpaired) electrons. The zero-order valence-electron chi connectivity index (χ0n) is 14.4. The highest BCUT2D eigenvalue weighted by molar-refractivity contribution is 5.80. The van der Waals surface area contributed by atoms with Crippen molar-refractivity contribution < 1.29 is 4.52 Å². The van der Waals surface area contributed by atoms with Gasteiger partial charge in [0.25, 0.3) is 0 Å². The first-order valence-electron chi connectivity index (χ1n) is 8.08. The van der Waals surface area contributed by atoms with Gasteiger partial charge in [0.2, 0.25) is 5.95 Å². The van der Waals surface area contributed by atoms with Crippen LogP contribution in [0.2, 0.25) is 0 Å². The van der Waals surface area contributed by atoms with Crippen molar-refractivity contribution >= 4 is 11.9 Å². The maximum Gasteiger partial charge on any atom is 0.225 e. The Hall–Kier alpha value is -2.64. The smallest absolute Gasteiger partial charge is 0.225 e. The number of guanidine groups is 1. The average molecular weight is 329 g/mol. The van der Waals surface area contributed by atoms with E-state index in [0.717, 1.165) is 55.1 Å². The molecular formula is C16H23N7O. The van der Waals surface area contributed by atoms with Gasteiger partial charge in [0.05, 0.1) is 5.69 Å². The molecule has 2 aromatic rings. The summed E-state index contributed by atoms with van der Waals surface area (Å²) in [4.78, 5) is 17.5. The van der Waals surface area contributed by atoms with E-state index >= 15 is 0 Å². The second-order valence-electron chi connectivity index (χ2n) is 5.73. The zero-order chi connectivity index (χ0) is 16.9.